The van der Waals surface area contributed by atoms with Gasteiger partial charge in [-0.2, -0.15) is 10.2 Å². The molecule has 0 aliphatic carbocycles. The van der Waals surface area contributed by atoms with Crippen LogP contribution in [0.2, 0.25) is 0 Å². The minimum Gasteiger partial charge on any atom is -0.309 e. The van der Waals surface area contributed by atoms with Gasteiger partial charge in [0.05, 0.1) is 22.4 Å². The standard InChI is InChI=1S/C28H19N7/c1-3-10-27-25(8-1)26-9-2-4-11-28(26)35(27)22-7-5-6-20(12-22)21-13-23(33-18-29-16-31-33)15-24(14-21)34-19-30-17-32-34/h1-19H. The maximum atomic E-state index is 4.33. The number of aromatic nitrogens is 7. The molecule has 0 N–H and O–H groups in total. The van der Waals surface area contributed by atoms with E-state index in [0.717, 1.165) is 28.2 Å². The summed E-state index contributed by atoms with van der Waals surface area (Å²) >= 11 is 0. The van der Waals surface area contributed by atoms with E-state index in [1.807, 2.05) is 6.07 Å². The molecule has 0 saturated heterocycles. The zero-order valence-corrected chi connectivity index (χ0v) is 18.6. The molecule has 0 aliphatic rings. The molecule has 0 fully saturated rings. The average Bonchev–Trinajstić information content (AvgIpc) is 3.69. The Morgan fingerprint density at radius 1 is 0.486 bits per heavy atom. The third kappa shape index (κ3) is 3.21. The van der Waals surface area contributed by atoms with Crippen LogP contribution >= 0.6 is 0 Å². The molecule has 7 heteroatoms. The van der Waals surface area contributed by atoms with Gasteiger partial charge in [-0.05, 0) is 53.6 Å². The monoisotopic (exact) mass is 453 g/mol. The number of rotatable bonds is 4. The van der Waals surface area contributed by atoms with Crippen molar-refractivity contribution in [2.45, 2.75) is 0 Å². The fraction of sp³-hybridized carbons (Fsp3) is 0. The van der Waals surface area contributed by atoms with Crippen molar-refractivity contribution in [2.75, 3.05) is 0 Å². The molecule has 0 bridgehead atoms. The third-order valence-electron chi connectivity index (χ3n) is 6.29. The van der Waals surface area contributed by atoms with Crippen molar-refractivity contribution in [3.05, 3.63) is 116 Å². The van der Waals surface area contributed by atoms with Gasteiger partial charge in [-0.3, -0.25) is 0 Å². The van der Waals surface area contributed by atoms with Crippen LogP contribution in [0, 0.1) is 0 Å². The average molecular weight is 454 g/mol. The van der Waals surface area contributed by atoms with E-state index in [-0.39, 0.29) is 0 Å². The summed E-state index contributed by atoms with van der Waals surface area (Å²) in [6.07, 6.45) is 6.45. The molecule has 0 spiro atoms. The highest BCUT2D eigenvalue weighted by molar-refractivity contribution is 6.09. The Balaban J connectivity index is 1.44. The molecule has 0 saturated carbocycles. The SMILES string of the molecule is c1cc(-c2cc(-n3cncn3)cc(-n3cncn3)c2)cc(-n2c3ccccc3c3ccccc32)c1. The summed E-state index contributed by atoms with van der Waals surface area (Å²) in [4.78, 5) is 8.23. The number of benzene rings is 4. The third-order valence-corrected chi connectivity index (χ3v) is 6.29. The Bertz CT molecular complexity index is 1690. The van der Waals surface area contributed by atoms with E-state index in [1.54, 1.807) is 22.0 Å². The first kappa shape index (κ1) is 19.4. The molecular weight excluding hydrogens is 434 g/mol. The summed E-state index contributed by atoms with van der Waals surface area (Å²) in [6.45, 7) is 0. The van der Waals surface area contributed by atoms with Crippen LogP contribution in [0.4, 0.5) is 0 Å². The van der Waals surface area contributed by atoms with Crippen LogP contribution in [-0.2, 0) is 0 Å². The van der Waals surface area contributed by atoms with Gasteiger partial charge < -0.3 is 4.57 Å². The van der Waals surface area contributed by atoms with Crippen LogP contribution in [-0.4, -0.2) is 34.1 Å². The van der Waals surface area contributed by atoms with Crippen molar-refractivity contribution >= 4 is 21.8 Å². The molecule has 0 aliphatic heterocycles. The molecule has 4 aromatic carbocycles. The normalized spacial score (nSPS) is 11.4. The lowest BCUT2D eigenvalue weighted by Crippen LogP contribution is -2.01. The van der Waals surface area contributed by atoms with Crippen LogP contribution in [0.15, 0.2) is 116 Å². The molecule has 35 heavy (non-hydrogen) atoms. The van der Waals surface area contributed by atoms with Crippen molar-refractivity contribution < 1.29 is 0 Å². The smallest absolute Gasteiger partial charge is 0.138 e. The second-order valence-corrected chi connectivity index (χ2v) is 8.34. The highest BCUT2D eigenvalue weighted by Gasteiger charge is 2.13. The Hall–Kier alpha value is -5.04. The summed E-state index contributed by atoms with van der Waals surface area (Å²) < 4.78 is 5.83. The molecule has 7 nitrogen and oxygen atoms in total. The predicted molar refractivity (Wildman–Crippen MR) is 136 cm³/mol. The van der Waals surface area contributed by atoms with Crippen molar-refractivity contribution in [2.24, 2.45) is 0 Å². The molecule has 0 radical (unpaired) electrons. The van der Waals surface area contributed by atoms with Crippen molar-refractivity contribution in [3.8, 4) is 28.2 Å². The quantitative estimate of drug-likeness (QED) is 0.347. The van der Waals surface area contributed by atoms with Crippen molar-refractivity contribution in [1.82, 2.24) is 34.1 Å². The van der Waals surface area contributed by atoms with Gasteiger partial charge in [-0.1, -0.05) is 48.5 Å². The number of fused-ring (bicyclic) bond motifs is 3. The maximum Gasteiger partial charge on any atom is 0.138 e. The van der Waals surface area contributed by atoms with Gasteiger partial charge >= 0.3 is 0 Å². The Labute approximate surface area is 200 Å². The van der Waals surface area contributed by atoms with Crippen LogP contribution in [0.25, 0.3) is 50.0 Å². The molecular formula is C28H19N7. The summed E-state index contributed by atoms with van der Waals surface area (Å²) in [7, 11) is 0. The Morgan fingerprint density at radius 3 is 1.63 bits per heavy atom. The van der Waals surface area contributed by atoms with Gasteiger partial charge in [0.15, 0.2) is 0 Å². The van der Waals surface area contributed by atoms with Crippen LogP contribution < -0.4 is 0 Å². The highest BCUT2D eigenvalue weighted by Crippen LogP contribution is 2.33. The van der Waals surface area contributed by atoms with Gasteiger partial charge in [0.25, 0.3) is 0 Å². The second kappa shape index (κ2) is 7.78. The lowest BCUT2D eigenvalue weighted by Gasteiger charge is -2.13. The highest BCUT2D eigenvalue weighted by atomic mass is 15.3. The number of hydrogen-bond acceptors (Lipinski definition) is 4. The molecule has 0 amide bonds. The van der Waals surface area contributed by atoms with E-state index in [1.165, 1.54) is 34.5 Å². The zero-order valence-electron chi connectivity index (χ0n) is 18.6. The summed E-state index contributed by atoms with van der Waals surface area (Å²) in [6, 6.07) is 31.9. The Kier molecular flexibility index (Phi) is 4.32. The van der Waals surface area contributed by atoms with Gasteiger partial charge in [-0.15, -0.1) is 0 Å². The van der Waals surface area contributed by atoms with Crippen molar-refractivity contribution in [3.63, 3.8) is 0 Å². The largest absolute Gasteiger partial charge is 0.309 e. The molecule has 3 heterocycles. The lowest BCUT2D eigenvalue weighted by molar-refractivity contribution is 0.855. The van der Waals surface area contributed by atoms with E-state index in [0.29, 0.717) is 0 Å². The Morgan fingerprint density at radius 2 is 1.06 bits per heavy atom. The van der Waals surface area contributed by atoms with Gasteiger partial charge in [-0.25, -0.2) is 19.3 Å². The molecule has 7 rings (SSSR count). The first-order valence-corrected chi connectivity index (χ1v) is 11.3. The summed E-state index contributed by atoms with van der Waals surface area (Å²) in [5, 5.41) is 11.1. The molecule has 0 unspecified atom stereocenters. The topological polar surface area (TPSA) is 66.3 Å². The van der Waals surface area contributed by atoms with E-state index >= 15 is 0 Å². The fourth-order valence-electron chi connectivity index (χ4n) is 4.73. The van der Waals surface area contributed by atoms with Crippen molar-refractivity contribution in [1.29, 1.82) is 0 Å². The van der Waals surface area contributed by atoms with E-state index in [4.69, 9.17) is 0 Å². The predicted octanol–water partition coefficient (Wildman–Crippen LogP) is 5.61. The maximum absolute atomic E-state index is 4.33. The van der Waals surface area contributed by atoms with Crippen LogP contribution in [0.3, 0.4) is 0 Å². The van der Waals surface area contributed by atoms with Gasteiger partial charge in [0, 0.05) is 16.5 Å². The molecule has 166 valence electrons. The number of hydrogen-bond donors (Lipinski definition) is 0. The van der Waals surface area contributed by atoms with Gasteiger partial charge in [0.1, 0.15) is 25.3 Å². The second-order valence-electron chi connectivity index (χ2n) is 8.34. The van der Waals surface area contributed by atoms with E-state index < -0.39 is 0 Å². The molecule has 0 atom stereocenters. The fourth-order valence-corrected chi connectivity index (χ4v) is 4.73. The first-order valence-electron chi connectivity index (χ1n) is 11.3. The van der Waals surface area contributed by atoms with E-state index in [2.05, 4.69) is 110 Å². The van der Waals surface area contributed by atoms with E-state index in [9.17, 15) is 0 Å². The minimum absolute atomic E-state index is 0.896. The molecule has 7 aromatic rings. The molecule has 3 aromatic heterocycles. The van der Waals surface area contributed by atoms with Gasteiger partial charge in [0.2, 0.25) is 0 Å². The lowest BCUT2D eigenvalue weighted by atomic mass is 10.0. The number of nitrogens with zero attached hydrogens (tertiary/aromatic N) is 7. The van der Waals surface area contributed by atoms with Crippen LogP contribution in [0.1, 0.15) is 0 Å². The van der Waals surface area contributed by atoms with Crippen LogP contribution in [0.5, 0.6) is 0 Å². The summed E-state index contributed by atoms with van der Waals surface area (Å²) in [5.74, 6) is 0. The minimum atomic E-state index is 0.896. The number of para-hydroxylation sites is 2. The first-order chi connectivity index (χ1) is 17.3. The zero-order chi connectivity index (χ0) is 23.2. The summed E-state index contributed by atoms with van der Waals surface area (Å²) in [5.41, 5.74) is 7.41.